The van der Waals surface area contributed by atoms with Crippen LogP contribution in [0.3, 0.4) is 0 Å². The highest BCUT2D eigenvalue weighted by molar-refractivity contribution is 8.05. The Morgan fingerprint density at radius 2 is 2.09 bits per heavy atom. The SMILES string of the molecule is Nn1c(CS(=O)(=O)C2=NNC[C@@H]2c2ccccc2)n[nH]c1=S. The summed E-state index contributed by atoms with van der Waals surface area (Å²) in [6.07, 6.45) is 0. The smallest absolute Gasteiger partial charge is 0.214 e. The van der Waals surface area contributed by atoms with E-state index in [1.165, 1.54) is 0 Å². The minimum absolute atomic E-state index is 0.0904. The minimum Gasteiger partial charge on any atom is -0.335 e. The molecule has 0 radical (unpaired) electrons. The third kappa shape index (κ3) is 2.62. The maximum Gasteiger partial charge on any atom is 0.214 e. The highest BCUT2D eigenvalue weighted by Crippen LogP contribution is 2.24. The molecule has 2 aromatic rings. The van der Waals surface area contributed by atoms with Crippen molar-refractivity contribution < 1.29 is 8.42 Å². The highest BCUT2D eigenvalue weighted by atomic mass is 32.2. The fourth-order valence-electron chi connectivity index (χ4n) is 2.30. The van der Waals surface area contributed by atoms with Crippen LogP contribution in [0, 0.1) is 4.77 Å². The zero-order chi connectivity index (χ0) is 15.7. The van der Waals surface area contributed by atoms with Gasteiger partial charge in [0, 0.05) is 6.54 Å². The molecule has 0 unspecified atom stereocenters. The van der Waals surface area contributed by atoms with E-state index in [2.05, 4.69) is 20.7 Å². The summed E-state index contributed by atoms with van der Waals surface area (Å²) in [5.41, 5.74) is 3.64. The van der Waals surface area contributed by atoms with Crippen LogP contribution >= 0.6 is 12.2 Å². The van der Waals surface area contributed by atoms with Crippen molar-refractivity contribution in [3.8, 4) is 0 Å². The largest absolute Gasteiger partial charge is 0.335 e. The number of nitrogen functional groups attached to an aromatic ring is 1. The lowest BCUT2D eigenvalue weighted by Gasteiger charge is -2.12. The number of hydrogen-bond acceptors (Lipinski definition) is 7. The number of aromatic nitrogens is 3. The molecular formula is C12H14N6O2S2. The summed E-state index contributed by atoms with van der Waals surface area (Å²) < 4.78 is 26.5. The molecule has 0 saturated heterocycles. The van der Waals surface area contributed by atoms with E-state index in [0.29, 0.717) is 6.54 Å². The Bertz CT molecular complexity index is 869. The first-order valence-corrected chi connectivity index (χ1v) is 8.54. The maximum absolute atomic E-state index is 12.6. The standard InChI is InChI=1S/C12H14N6O2S2/c13-18-10(15-17-12(18)21)7-22(19,20)11-9(6-14-16-11)8-4-2-1-3-5-8/h1-5,9,14H,6-7,13H2,(H,17,21)/t9-/m1/s1. The second-order valence-corrected chi connectivity index (χ2v) is 7.17. The van der Waals surface area contributed by atoms with E-state index < -0.39 is 9.84 Å². The van der Waals surface area contributed by atoms with E-state index in [4.69, 9.17) is 18.1 Å². The average molecular weight is 338 g/mol. The van der Waals surface area contributed by atoms with Crippen LogP contribution in [0.1, 0.15) is 17.3 Å². The molecule has 0 spiro atoms. The van der Waals surface area contributed by atoms with Crippen molar-refractivity contribution >= 4 is 27.1 Å². The molecule has 1 aliphatic rings. The van der Waals surface area contributed by atoms with E-state index in [1.54, 1.807) is 0 Å². The molecule has 1 aliphatic heterocycles. The first-order valence-electron chi connectivity index (χ1n) is 6.48. The molecule has 3 rings (SSSR count). The first kappa shape index (κ1) is 14.7. The van der Waals surface area contributed by atoms with Crippen molar-refractivity contribution in [1.82, 2.24) is 20.3 Å². The van der Waals surface area contributed by atoms with Gasteiger partial charge in [-0.25, -0.2) is 13.1 Å². The number of benzene rings is 1. The topological polar surface area (TPSA) is 118 Å². The second kappa shape index (κ2) is 5.54. The quantitative estimate of drug-likeness (QED) is 0.546. The summed E-state index contributed by atoms with van der Waals surface area (Å²) in [6.45, 7) is 0.439. The van der Waals surface area contributed by atoms with Gasteiger partial charge in [-0.2, -0.15) is 10.2 Å². The lowest BCUT2D eigenvalue weighted by molar-refractivity contribution is 0.603. The van der Waals surface area contributed by atoms with E-state index in [0.717, 1.165) is 10.2 Å². The monoisotopic (exact) mass is 338 g/mol. The maximum atomic E-state index is 12.6. The predicted molar refractivity (Wildman–Crippen MR) is 84.8 cm³/mol. The van der Waals surface area contributed by atoms with Crippen molar-refractivity contribution in [1.29, 1.82) is 0 Å². The molecule has 2 heterocycles. The summed E-state index contributed by atoms with van der Waals surface area (Å²) in [4.78, 5) is 0. The minimum atomic E-state index is -3.66. The third-order valence-corrected chi connectivity index (χ3v) is 5.34. The zero-order valence-electron chi connectivity index (χ0n) is 11.4. The van der Waals surface area contributed by atoms with Gasteiger partial charge >= 0.3 is 0 Å². The molecule has 10 heteroatoms. The molecule has 4 N–H and O–H groups in total. The number of nitrogens with zero attached hydrogens (tertiary/aromatic N) is 3. The van der Waals surface area contributed by atoms with Gasteiger partial charge in [-0.1, -0.05) is 30.3 Å². The fourth-order valence-corrected chi connectivity index (χ4v) is 3.99. The summed E-state index contributed by atoms with van der Waals surface area (Å²) >= 11 is 4.88. The summed E-state index contributed by atoms with van der Waals surface area (Å²) in [5.74, 6) is 5.12. The molecule has 0 amide bonds. The summed E-state index contributed by atoms with van der Waals surface area (Å²) in [7, 11) is -3.66. The van der Waals surface area contributed by atoms with E-state index in [1.807, 2.05) is 30.3 Å². The highest BCUT2D eigenvalue weighted by Gasteiger charge is 2.34. The van der Waals surface area contributed by atoms with Gasteiger partial charge in [0.1, 0.15) is 5.75 Å². The zero-order valence-corrected chi connectivity index (χ0v) is 13.1. The molecule has 1 atom stereocenters. The Morgan fingerprint density at radius 3 is 2.73 bits per heavy atom. The Kier molecular flexibility index (Phi) is 3.71. The molecule has 22 heavy (non-hydrogen) atoms. The number of nitrogens with one attached hydrogen (secondary N) is 2. The van der Waals surface area contributed by atoms with Gasteiger partial charge in [-0.05, 0) is 17.8 Å². The van der Waals surface area contributed by atoms with Gasteiger partial charge in [0.2, 0.25) is 14.6 Å². The number of hydrazone groups is 1. The average Bonchev–Trinajstić information content (AvgIpc) is 3.11. The van der Waals surface area contributed by atoms with Crippen LogP contribution < -0.4 is 11.3 Å². The molecular weight excluding hydrogens is 324 g/mol. The Hall–Kier alpha value is -2.20. The Balaban J connectivity index is 1.91. The molecule has 0 bridgehead atoms. The van der Waals surface area contributed by atoms with E-state index >= 15 is 0 Å². The van der Waals surface area contributed by atoms with E-state index in [9.17, 15) is 8.42 Å². The lowest BCUT2D eigenvalue weighted by atomic mass is 10.0. The lowest BCUT2D eigenvalue weighted by Crippen LogP contribution is -2.25. The van der Waals surface area contributed by atoms with Gasteiger partial charge in [0.05, 0.1) is 5.92 Å². The van der Waals surface area contributed by atoms with Crippen LogP contribution in [-0.4, -0.2) is 34.9 Å². The van der Waals surface area contributed by atoms with Crippen molar-refractivity contribution in [3.05, 3.63) is 46.5 Å². The van der Waals surface area contributed by atoms with Gasteiger partial charge < -0.3 is 11.3 Å². The molecule has 8 nitrogen and oxygen atoms in total. The molecule has 116 valence electrons. The van der Waals surface area contributed by atoms with Crippen LogP contribution in [0.5, 0.6) is 0 Å². The van der Waals surface area contributed by atoms with Gasteiger partial charge in [0.15, 0.2) is 10.9 Å². The van der Waals surface area contributed by atoms with Gasteiger partial charge in [-0.15, -0.1) is 0 Å². The number of H-pyrrole nitrogens is 1. The number of rotatable bonds is 3. The predicted octanol–water partition coefficient (Wildman–Crippen LogP) is 0.270. The molecule has 0 saturated carbocycles. The molecule has 0 aliphatic carbocycles. The summed E-state index contributed by atoms with van der Waals surface area (Å²) in [5, 5.41) is 10.4. The van der Waals surface area contributed by atoms with Crippen molar-refractivity contribution in [2.24, 2.45) is 5.10 Å². The molecule has 1 aromatic heterocycles. The number of nitrogens with two attached hydrogens (primary N) is 1. The Morgan fingerprint density at radius 1 is 1.36 bits per heavy atom. The van der Waals surface area contributed by atoms with Gasteiger partial charge in [-0.3, -0.25) is 5.10 Å². The van der Waals surface area contributed by atoms with Crippen LogP contribution in [0.4, 0.5) is 0 Å². The third-order valence-electron chi connectivity index (χ3n) is 3.40. The van der Waals surface area contributed by atoms with Crippen molar-refractivity contribution in [2.75, 3.05) is 12.4 Å². The van der Waals surface area contributed by atoms with Gasteiger partial charge in [0.25, 0.3) is 0 Å². The van der Waals surface area contributed by atoms with Crippen molar-refractivity contribution in [2.45, 2.75) is 11.7 Å². The van der Waals surface area contributed by atoms with Crippen LogP contribution in [-0.2, 0) is 15.6 Å². The molecule has 1 aromatic carbocycles. The number of sulfone groups is 1. The van der Waals surface area contributed by atoms with Crippen LogP contribution in [0.25, 0.3) is 0 Å². The van der Waals surface area contributed by atoms with Crippen LogP contribution in [0.15, 0.2) is 35.4 Å². The fraction of sp³-hybridized carbons (Fsp3) is 0.250. The first-order chi connectivity index (χ1) is 10.5. The van der Waals surface area contributed by atoms with E-state index in [-0.39, 0.29) is 27.3 Å². The molecule has 0 fully saturated rings. The number of aromatic amines is 1. The number of hydrogen-bond donors (Lipinski definition) is 3. The summed E-state index contributed by atoms with van der Waals surface area (Å²) in [6, 6.07) is 9.36. The van der Waals surface area contributed by atoms with Crippen molar-refractivity contribution in [3.63, 3.8) is 0 Å². The Labute approximate surface area is 131 Å². The van der Waals surface area contributed by atoms with Crippen LogP contribution in [0.2, 0.25) is 0 Å². The normalized spacial score (nSPS) is 18.0. The second-order valence-electron chi connectivity index (χ2n) is 4.85.